The fourth-order valence-corrected chi connectivity index (χ4v) is 3.75. The van der Waals surface area contributed by atoms with Gasteiger partial charge in [-0.25, -0.2) is 0 Å². The number of rotatable bonds is 11. The lowest BCUT2D eigenvalue weighted by Gasteiger charge is -2.36. The zero-order valence-corrected chi connectivity index (χ0v) is 15.3. The van der Waals surface area contributed by atoms with Crippen molar-refractivity contribution >= 4 is 5.97 Å². The first-order valence-electron chi connectivity index (χ1n) is 9.78. The van der Waals surface area contributed by atoms with E-state index in [1.807, 2.05) is 6.92 Å². The van der Waals surface area contributed by atoms with Crippen molar-refractivity contribution in [2.75, 3.05) is 6.61 Å². The minimum atomic E-state index is 0.0385. The number of unbranched alkanes of at least 4 members (excludes halogenated alkanes) is 7. The summed E-state index contributed by atoms with van der Waals surface area (Å²) in [6.45, 7) is 7.12. The fourth-order valence-electron chi connectivity index (χ4n) is 3.75. The predicted molar refractivity (Wildman–Crippen MR) is 93.9 cm³/mol. The number of carbonyl (C=O) groups is 1. The number of esters is 1. The maximum atomic E-state index is 11.8. The Labute approximate surface area is 138 Å². The number of hydrogen-bond donors (Lipinski definition) is 0. The molecule has 0 aromatic heterocycles. The topological polar surface area (TPSA) is 26.3 Å². The normalized spacial score (nSPS) is 25.1. The minimum absolute atomic E-state index is 0.0385. The smallest absolute Gasteiger partial charge is 0.308 e. The second-order valence-corrected chi connectivity index (χ2v) is 7.56. The Morgan fingerprint density at radius 3 is 2.05 bits per heavy atom. The van der Waals surface area contributed by atoms with Crippen molar-refractivity contribution in [2.24, 2.45) is 11.3 Å². The zero-order valence-electron chi connectivity index (χ0n) is 15.3. The van der Waals surface area contributed by atoms with E-state index in [0.29, 0.717) is 12.0 Å². The van der Waals surface area contributed by atoms with Gasteiger partial charge in [0.2, 0.25) is 0 Å². The van der Waals surface area contributed by atoms with Crippen LogP contribution in [0.3, 0.4) is 0 Å². The van der Waals surface area contributed by atoms with E-state index in [0.717, 1.165) is 12.8 Å². The van der Waals surface area contributed by atoms with Gasteiger partial charge in [-0.2, -0.15) is 0 Å². The van der Waals surface area contributed by atoms with Crippen LogP contribution in [0.4, 0.5) is 0 Å². The molecule has 1 aliphatic rings. The standard InChI is InChI=1S/C20H38O2/c1-4-6-7-8-9-10-11-12-15-20(3)16-13-18(14-17-20)19(21)22-5-2/h18H,4-17H2,1-3H3. The van der Waals surface area contributed by atoms with E-state index in [9.17, 15) is 4.79 Å². The second kappa shape index (κ2) is 11.1. The molecule has 0 saturated heterocycles. The Morgan fingerprint density at radius 2 is 1.50 bits per heavy atom. The molecule has 0 atom stereocenters. The molecular weight excluding hydrogens is 272 g/mol. The molecule has 1 fully saturated rings. The van der Waals surface area contributed by atoms with Crippen LogP contribution in [0.15, 0.2) is 0 Å². The summed E-state index contributed by atoms with van der Waals surface area (Å²) in [6.07, 6.45) is 17.0. The van der Waals surface area contributed by atoms with Gasteiger partial charge in [-0.05, 0) is 44.4 Å². The summed E-state index contributed by atoms with van der Waals surface area (Å²) in [5.41, 5.74) is 0.477. The number of ether oxygens (including phenoxy) is 1. The monoisotopic (exact) mass is 310 g/mol. The molecule has 0 N–H and O–H groups in total. The van der Waals surface area contributed by atoms with Crippen LogP contribution in [-0.2, 0) is 9.53 Å². The Kier molecular flexibility index (Phi) is 9.82. The summed E-state index contributed by atoms with van der Waals surface area (Å²) < 4.78 is 5.16. The van der Waals surface area contributed by atoms with Crippen molar-refractivity contribution < 1.29 is 9.53 Å². The van der Waals surface area contributed by atoms with Gasteiger partial charge >= 0.3 is 5.97 Å². The molecule has 1 aliphatic carbocycles. The van der Waals surface area contributed by atoms with Crippen molar-refractivity contribution in [1.29, 1.82) is 0 Å². The van der Waals surface area contributed by atoms with E-state index in [1.54, 1.807) is 0 Å². The van der Waals surface area contributed by atoms with Crippen molar-refractivity contribution in [2.45, 2.75) is 104 Å². The predicted octanol–water partition coefficient (Wildman–Crippen LogP) is 6.28. The SMILES string of the molecule is CCCCCCCCCCC1(C)CCC(C(=O)OCC)CC1. The number of hydrogen-bond acceptors (Lipinski definition) is 2. The van der Waals surface area contributed by atoms with E-state index in [1.165, 1.54) is 70.6 Å². The lowest BCUT2D eigenvalue weighted by molar-refractivity contribution is -0.149. The molecule has 1 rings (SSSR count). The lowest BCUT2D eigenvalue weighted by atomic mass is 9.69. The average molecular weight is 311 g/mol. The first-order valence-corrected chi connectivity index (χ1v) is 9.78. The highest BCUT2D eigenvalue weighted by Gasteiger charge is 2.33. The Hall–Kier alpha value is -0.530. The summed E-state index contributed by atoms with van der Waals surface area (Å²) in [4.78, 5) is 11.8. The van der Waals surface area contributed by atoms with Gasteiger partial charge in [0, 0.05) is 0 Å². The highest BCUT2D eigenvalue weighted by atomic mass is 16.5. The summed E-state index contributed by atoms with van der Waals surface area (Å²) in [6, 6.07) is 0. The Balaban J connectivity index is 2.07. The second-order valence-electron chi connectivity index (χ2n) is 7.56. The molecule has 2 nitrogen and oxygen atoms in total. The van der Waals surface area contributed by atoms with Crippen LogP contribution in [0.25, 0.3) is 0 Å². The quantitative estimate of drug-likeness (QED) is 0.332. The van der Waals surface area contributed by atoms with E-state index < -0.39 is 0 Å². The van der Waals surface area contributed by atoms with Crippen LogP contribution in [0.1, 0.15) is 104 Å². The van der Waals surface area contributed by atoms with Gasteiger partial charge in [0.05, 0.1) is 12.5 Å². The van der Waals surface area contributed by atoms with E-state index in [2.05, 4.69) is 13.8 Å². The molecule has 0 bridgehead atoms. The van der Waals surface area contributed by atoms with Gasteiger partial charge in [0.25, 0.3) is 0 Å². The van der Waals surface area contributed by atoms with Gasteiger partial charge in [0.1, 0.15) is 0 Å². The van der Waals surface area contributed by atoms with Gasteiger partial charge in [0.15, 0.2) is 0 Å². The molecule has 0 heterocycles. The summed E-state index contributed by atoms with van der Waals surface area (Å²) in [5, 5.41) is 0. The zero-order chi connectivity index (χ0) is 16.3. The number of carbonyl (C=O) groups excluding carboxylic acids is 1. The third-order valence-corrected chi connectivity index (χ3v) is 5.45. The Morgan fingerprint density at radius 1 is 0.955 bits per heavy atom. The fraction of sp³-hybridized carbons (Fsp3) is 0.950. The van der Waals surface area contributed by atoms with Gasteiger partial charge in [-0.3, -0.25) is 4.79 Å². The third kappa shape index (κ3) is 7.65. The molecule has 2 heteroatoms. The first-order chi connectivity index (χ1) is 10.6. The molecular formula is C20H38O2. The Bertz CT molecular complexity index is 290. The van der Waals surface area contributed by atoms with Crippen molar-refractivity contribution in [3.8, 4) is 0 Å². The molecule has 130 valence electrons. The molecule has 0 aliphatic heterocycles. The summed E-state index contributed by atoms with van der Waals surface area (Å²) in [5.74, 6) is 0.211. The maximum absolute atomic E-state index is 11.8. The van der Waals surface area contributed by atoms with Crippen LogP contribution in [0.5, 0.6) is 0 Å². The van der Waals surface area contributed by atoms with Gasteiger partial charge in [-0.15, -0.1) is 0 Å². The third-order valence-electron chi connectivity index (χ3n) is 5.45. The van der Waals surface area contributed by atoms with E-state index >= 15 is 0 Å². The molecule has 1 saturated carbocycles. The van der Waals surface area contributed by atoms with Crippen LogP contribution < -0.4 is 0 Å². The highest BCUT2D eigenvalue weighted by Crippen LogP contribution is 2.42. The highest BCUT2D eigenvalue weighted by molar-refractivity contribution is 5.72. The van der Waals surface area contributed by atoms with Crippen LogP contribution in [0, 0.1) is 11.3 Å². The van der Waals surface area contributed by atoms with Crippen LogP contribution in [-0.4, -0.2) is 12.6 Å². The molecule has 0 aromatic carbocycles. The van der Waals surface area contributed by atoms with Gasteiger partial charge < -0.3 is 4.74 Å². The van der Waals surface area contributed by atoms with Crippen LogP contribution >= 0.6 is 0 Å². The molecule has 0 spiro atoms. The molecule has 0 amide bonds. The van der Waals surface area contributed by atoms with Crippen molar-refractivity contribution in [3.05, 3.63) is 0 Å². The first kappa shape index (κ1) is 19.5. The summed E-state index contributed by atoms with van der Waals surface area (Å²) in [7, 11) is 0. The molecule has 0 aromatic rings. The van der Waals surface area contributed by atoms with E-state index in [4.69, 9.17) is 4.74 Å². The van der Waals surface area contributed by atoms with E-state index in [-0.39, 0.29) is 11.9 Å². The average Bonchev–Trinajstić information content (AvgIpc) is 2.51. The largest absolute Gasteiger partial charge is 0.466 e. The van der Waals surface area contributed by atoms with Crippen LogP contribution in [0.2, 0.25) is 0 Å². The van der Waals surface area contributed by atoms with Gasteiger partial charge in [-0.1, -0.05) is 65.2 Å². The molecule has 0 unspecified atom stereocenters. The molecule has 0 radical (unpaired) electrons. The minimum Gasteiger partial charge on any atom is -0.466 e. The van der Waals surface area contributed by atoms with Crippen molar-refractivity contribution in [1.82, 2.24) is 0 Å². The maximum Gasteiger partial charge on any atom is 0.308 e. The molecule has 22 heavy (non-hydrogen) atoms. The lowest BCUT2D eigenvalue weighted by Crippen LogP contribution is -2.29. The summed E-state index contributed by atoms with van der Waals surface area (Å²) >= 11 is 0. The van der Waals surface area contributed by atoms with Crippen molar-refractivity contribution in [3.63, 3.8) is 0 Å².